The van der Waals surface area contributed by atoms with E-state index in [1.807, 2.05) is 35.8 Å². The lowest BCUT2D eigenvalue weighted by Crippen LogP contribution is -2.33. The Kier molecular flexibility index (Phi) is 6.28. The highest BCUT2D eigenvalue weighted by Crippen LogP contribution is 2.39. The summed E-state index contributed by atoms with van der Waals surface area (Å²) in [4.78, 5) is 0. The van der Waals surface area contributed by atoms with Gasteiger partial charge in [0.2, 0.25) is 11.0 Å². The molecule has 2 aromatic rings. The van der Waals surface area contributed by atoms with E-state index in [-0.39, 0.29) is 17.0 Å². The largest absolute Gasteiger partial charge is 0.493 e. The minimum Gasteiger partial charge on any atom is -0.493 e. The molecule has 0 amide bonds. The Labute approximate surface area is 147 Å². The van der Waals surface area contributed by atoms with Gasteiger partial charge >= 0.3 is 0 Å². The molecule has 0 spiro atoms. The Bertz CT molecular complexity index is 740. The Balaban J connectivity index is 2.30. The zero-order valence-corrected chi connectivity index (χ0v) is 15.3. The number of nitrogens with zero attached hydrogens (tertiary/aromatic N) is 3. The number of methoxy groups -OCH3 is 1. The molecule has 0 aliphatic rings. The predicted octanol–water partition coefficient (Wildman–Crippen LogP) is 4.00. The van der Waals surface area contributed by atoms with E-state index in [0.717, 1.165) is 10.9 Å². The highest BCUT2D eigenvalue weighted by atomic mass is 32.1. The lowest BCUT2D eigenvalue weighted by molar-refractivity contribution is 0.179. The van der Waals surface area contributed by atoms with Gasteiger partial charge in [0, 0.05) is 25.1 Å². The minimum atomic E-state index is 0.0392. The van der Waals surface area contributed by atoms with Gasteiger partial charge in [0.1, 0.15) is 0 Å². The summed E-state index contributed by atoms with van der Waals surface area (Å²) in [5.74, 6) is 0.510. The first-order chi connectivity index (χ1) is 11.4. The molecule has 24 heavy (non-hydrogen) atoms. The summed E-state index contributed by atoms with van der Waals surface area (Å²) in [6.45, 7) is 7.37. The first kappa shape index (κ1) is 18.4. The van der Waals surface area contributed by atoms with Crippen LogP contribution in [0.1, 0.15) is 20.8 Å². The molecule has 7 heteroatoms. The zero-order valence-electron chi connectivity index (χ0n) is 14.5. The minimum absolute atomic E-state index is 0.0392. The van der Waals surface area contributed by atoms with Crippen molar-refractivity contribution in [1.82, 2.24) is 9.88 Å². The van der Waals surface area contributed by atoms with Crippen LogP contribution in [-0.4, -0.2) is 34.5 Å². The molecule has 0 aliphatic heterocycles. The van der Waals surface area contributed by atoms with Crippen LogP contribution in [0.5, 0.6) is 5.88 Å². The summed E-state index contributed by atoms with van der Waals surface area (Å²) in [7, 11) is 1.63. The number of fused-ring (bicyclic) bond motifs is 1. The molecule has 2 N–H and O–H groups in total. The number of aromatic nitrogens is 1. The van der Waals surface area contributed by atoms with Crippen LogP contribution in [0.15, 0.2) is 34.5 Å². The van der Waals surface area contributed by atoms with E-state index < -0.39 is 0 Å². The number of ether oxygens (including phenoxy) is 1. The maximum atomic E-state index is 10.6. The third-order valence-electron chi connectivity index (χ3n) is 3.49. The van der Waals surface area contributed by atoms with Crippen molar-refractivity contribution >= 4 is 33.9 Å². The van der Waals surface area contributed by atoms with Crippen LogP contribution in [0.25, 0.3) is 10.9 Å². The number of thiocarbonyl (C=S) groups is 1. The molecule has 1 aromatic heterocycles. The van der Waals surface area contributed by atoms with Gasteiger partial charge in [-0.1, -0.05) is 32.0 Å². The monoisotopic (exact) mass is 348 g/mol. The number of azo groups is 1. The molecule has 0 unspecified atom stereocenters. The van der Waals surface area contributed by atoms with Crippen LogP contribution in [0.4, 0.5) is 5.69 Å². The molecule has 0 saturated heterocycles. The fourth-order valence-electron chi connectivity index (χ4n) is 2.55. The highest BCUT2D eigenvalue weighted by molar-refractivity contribution is 7.80. The smallest absolute Gasteiger partial charge is 0.220 e. The first-order valence-corrected chi connectivity index (χ1v) is 8.36. The van der Waals surface area contributed by atoms with Crippen molar-refractivity contribution in [3.63, 3.8) is 0 Å². The quantitative estimate of drug-likeness (QED) is 0.611. The second-order valence-corrected chi connectivity index (χ2v) is 6.59. The van der Waals surface area contributed by atoms with Crippen molar-refractivity contribution in [2.45, 2.75) is 33.4 Å². The first-order valence-electron chi connectivity index (χ1n) is 7.95. The molecule has 0 aliphatic carbocycles. The van der Waals surface area contributed by atoms with E-state index in [4.69, 9.17) is 17.0 Å². The number of benzene rings is 1. The van der Waals surface area contributed by atoms with E-state index in [1.165, 1.54) is 0 Å². The second-order valence-electron chi connectivity index (χ2n) is 6.20. The summed E-state index contributed by atoms with van der Waals surface area (Å²) in [5.41, 5.74) is 1.37. The van der Waals surface area contributed by atoms with Crippen LogP contribution in [-0.2, 0) is 11.3 Å². The maximum absolute atomic E-state index is 10.6. The molecule has 0 saturated carbocycles. The predicted molar refractivity (Wildman–Crippen MR) is 100 cm³/mol. The average molecular weight is 348 g/mol. The Hall–Kier alpha value is -1.99. The summed E-state index contributed by atoms with van der Waals surface area (Å²) in [6.07, 6.45) is 0. The third-order valence-corrected chi connectivity index (χ3v) is 3.69. The summed E-state index contributed by atoms with van der Waals surface area (Å²) in [5, 5.41) is 22.9. The number of nitrogens with one attached hydrogen (secondary N) is 1. The molecule has 130 valence electrons. The number of hydrogen-bond acceptors (Lipinski definition) is 4. The Morgan fingerprint density at radius 2 is 2.04 bits per heavy atom. The van der Waals surface area contributed by atoms with Gasteiger partial charge in [-0.3, -0.25) is 0 Å². The van der Waals surface area contributed by atoms with Gasteiger partial charge in [-0.05, 0) is 31.1 Å². The lowest BCUT2D eigenvalue weighted by atomic mass is 10.2. The maximum Gasteiger partial charge on any atom is 0.220 e. The van der Waals surface area contributed by atoms with Crippen molar-refractivity contribution in [2.24, 2.45) is 16.1 Å². The molecule has 1 atom stereocenters. The van der Waals surface area contributed by atoms with Crippen LogP contribution in [0, 0.1) is 5.92 Å². The summed E-state index contributed by atoms with van der Waals surface area (Å²) in [6, 6.07) is 7.78. The van der Waals surface area contributed by atoms with Gasteiger partial charge in [-0.25, -0.2) is 0 Å². The normalized spacial score (nSPS) is 13.0. The van der Waals surface area contributed by atoms with Crippen molar-refractivity contribution < 1.29 is 9.84 Å². The van der Waals surface area contributed by atoms with Gasteiger partial charge in [0.05, 0.1) is 12.1 Å². The Morgan fingerprint density at radius 3 is 2.71 bits per heavy atom. The SMILES string of the molecule is COC[C@H](C)NC(=S)N=Nc1c(O)n(CC(C)C)c2ccccc12. The molecule has 6 nitrogen and oxygen atoms in total. The zero-order chi connectivity index (χ0) is 17.7. The molecule has 0 fully saturated rings. The van der Waals surface area contributed by atoms with E-state index in [1.54, 1.807) is 7.11 Å². The van der Waals surface area contributed by atoms with Gasteiger partial charge in [-0.2, -0.15) is 0 Å². The van der Waals surface area contributed by atoms with Crippen molar-refractivity contribution in [3.8, 4) is 5.88 Å². The van der Waals surface area contributed by atoms with Crippen LogP contribution in [0.2, 0.25) is 0 Å². The molecular formula is C17H24N4O2S. The lowest BCUT2D eigenvalue weighted by Gasteiger charge is -2.11. The second kappa shape index (κ2) is 8.21. The Morgan fingerprint density at radius 1 is 1.33 bits per heavy atom. The van der Waals surface area contributed by atoms with Gasteiger partial charge < -0.3 is 19.7 Å². The van der Waals surface area contributed by atoms with Crippen LogP contribution >= 0.6 is 12.2 Å². The van der Waals surface area contributed by atoms with Crippen molar-refractivity contribution in [2.75, 3.05) is 13.7 Å². The van der Waals surface area contributed by atoms with Crippen molar-refractivity contribution in [3.05, 3.63) is 24.3 Å². The molecule has 1 aromatic carbocycles. The molecule has 1 heterocycles. The van der Waals surface area contributed by atoms with Crippen LogP contribution < -0.4 is 5.32 Å². The fraction of sp³-hybridized carbons (Fsp3) is 0.471. The summed E-state index contributed by atoms with van der Waals surface area (Å²) >= 11 is 5.17. The van der Waals surface area contributed by atoms with E-state index in [0.29, 0.717) is 24.8 Å². The standard InChI is InChI=1S/C17H24N4O2S/c1-11(2)9-21-14-8-6-5-7-13(14)15(16(21)22)19-20-17(24)18-12(3)10-23-4/h5-8,11-12,22H,9-10H2,1-4H3,(H,18,24)/t12-/m0/s1. The van der Waals surface area contributed by atoms with Gasteiger partial charge in [-0.15, -0.1) is 10.2 Å². The van der Waals surface area contributed by atoms with Gasteiger partial charge in [0.15, 0.2) is 5.69 Å². The fourth-order valence-corrected chi connectivity index (χ4v) is 2.79. The van der Waals surface area contributed by atoms with E-state index in [9.17, 15) is 5.11 Å². The number of para-hydroxylation sites is 1. The third kappa shape index (κ3) is 4.30. The average Bonchev–Trinajstić information content (AvgIpc) is 2.77. The summed E-state index contributed by atoms with van der Waals surface area (Å²) < 4.78 is 6.91. The van der Waals surface area contributed by atoms with E-state index >= 15 is 0 Å². The van der Waals surface area contributed by atoms with Gasteiger partial charge in [0.25, 0.3) is 0 Å². The number of hydrogen-bond donors (Lipinski definition) is 2. The number of aromatic hydroxyl groups is 1. The molecule has 2 rings (SSSR count). The molecule has 0 bridgehead atoms. The molecular weight excluding hydrogens is 324 g/mol. The molecule has 0 radical (unpaired) electrons. The highest BCUT2D eigenvalue weighted by Gasteiger charge is 2.17. The topological polar surface area (TPSA) is 71.1 Å². The number of rotatable bonds is 6. The van der Waals surface area contributed by atoms with Crippen molar-refractivity contribution in [1.29, 1.82) is 0 Å². The van der Waals surface area contributed by atoms with Crippen LogP contribution in [0.3, 0.4) is 0 Å². The van der Waals surface area contributed by atoms with E-state index in [2.05, 4.69) is 29.4 Å².